The van der Waals surface area contributed by atoms with Crippen molar-refractivity contribution in [2.45, 2.75) is 45.6 Å². The molecule has 1 fully saturated rings. The Morgan fingerprint density at radius 3 is 2.56 bits per heavy atom. The van der Waals surface area contributed by atoms with Crippen molar-refractivity contribution in [3.63, 3.8) is 0 Å². The normalized spacial score (nSPS) is 21.3. The second-order valence-electron chi connectivity index (χ2n) is 9.42. The maximum atomic E-state index is 13.3. The average molecular weight is 483 g/mol. The molecule has 0 unspecified atom stereocenters. The van der Waals surface area contributed by atoms with Crippen molar-refractivity contribution >= 4 is 28.8 Å². The fourth-order valence-electron chi connectivity index (χ4n) is 4.68. The van der Waals surface area contributed by atoms with E-state index in [-0.39, 0.29) is 18.4 Å². The molecule has 1 aromatic carbocycles. The first kappa shape index (κ1) is 24.5. The molecule has 3 aliphatic heterocycles. The number of likely N-dealkylation sites (N-methyl/N-ethyl adjacent to an activating group) is 1. The Labute approximate surface area is 206 Å². The predicted octanol–water partition coefficient (Wildman–Crippen LogP) is 4.11. The molecule has 1 saturated heterocycles. The maximum Gasteiger partial charge on any atom is 0.338 e. The molecular formula is C26H34N4O3S. The number of esters is 1. The van der Waals surface area contributed by atoms with Crippen LogP contribution in [0.1, 0.15) is 56.7 Å². The molecule has 3 heterocycles. The van der Waals surface area contributed by atoms with E-state index in [9.17, 15) is 9.59 Å². The number of aliphatic imine (C=N–C) groups is 1. The summed E-state index contributed by atoms with van der Waals surface area (Å²) in [7, 11) is 3.49. The highest BCUT2D eigenvalue weighted by molar-refractivity contribution is 8.16. The van der Waals surface area contributed by atoms with E-state index < -0.39 is 5.97 Å². The Hall–Kier alpha value is -2.58. The van der Waals surface area contributed by atoms with Gasteiger partial charge in [-0.05, 0) is 49.4 Å². The van der Waals surface area contributed by atoms with Crippen molar-refractivity contribution < 1.29 is 14.3 Å². The molecule has 1 amide bonds. The molecule has 0 spiro atoms. The quantitative estimate of drug-likeness (QED) is 0.589. The number of carbonyl (C=O) groups excluding carboxylic acids is 2. The molecule has 1 aromatic rings. The summed E-state index contributed by atoms with van der Waals surface area (Å²) in [6, 6.07) is 7.99. The number of amides is 1. The van der Waals surface area contributed by atoms with Crippen LogP contribution in [-0.2, 0) is 14.3 Å². The molecule has 0 bridgehead atoms. The molecule has 0 saturated carbocycles. The van der Waals surface area contributed by atoms with Crippen molar-refractivity contribution in [2.24, 2.45) is 4.99 Å². The molecule has 182 valence electrons. The van der Waals surface area contributed by atoms with Crippen LogP contribution in [0.25, 0.3) is 0 Å². The van der Waals surface area contributed by atoms with Crippen LogP contribution in [0.4, 0.5) is 0 Å². The van der Waals surface area contributed by atoms with Gasteiger partial charge < -0.3 is 19.4 Å². The van der Waals surface area contributed by atoms with Crippen LogP contribution < -0.4 is 0 Å². The molecule has 0 aliphatic carbocycles. The summed E-state index contributed by atoms with van der Waals surface area (Å²) in [4.78, 5) is 37.2. The zero-order valence-corrected chi connectivity index (χ0v) is 21.5. The molecule has 0 aromatic heterocycles. The Kier molecular flexibility index (Phi) is 7.48. The van der Waals surface area contributed by atoms with Gasteiger partial charge in [0.2, 0.25) is 5.91 Å². The van der Waals surface area contributed by atoms with Crippen LogP contribution in [0, 0.1) is 0 Å². The lowest BCUT2D eigenvalue weighted by atomic mass is 9.92. The van der Waals surface area contributed by atoms with Gasteiger partial charge in [-0.2, -0.15) is 0 Å². The highest BCUT2D eigenvalue weighted by Gasteiger charge is 2.41. The van der Waals surface area contributed by atoms with Crippen LogP contribution in [0.5, 0.6) is 0 Å². The van der Waals surface area contributed by atoms with Gasteiger partial charge in [0.15, 0.2) is 5.17 Å². The van der Waals surface area contributed by atoms with Gasteiger partial charge in [0.05, 0.1) is 30.8 Å². The summed E-state index contributed by atoms with van der Waals surface area (Å²) in [6.45, 7) is 9.58. The molecule has 0 radical (unpaired) electrons. The lowest BCUT2D eigenvalue weighted by Crippen LogP contribution is -2.39. The number of amidine groups is 1. The monoisotopic (exact) mass is 482 g/mol. The number of thioether (sulfide) groups is 1. The first-order chi connectivity index (χ1) is 16.3. The summed E-state index contributed by atoms with van der Waals surface area (Å²) in [5.41, 5.74) is 4.26. The Morgan fingerprint density at radius 2 is 1.88 bits per heavy atom. The Morgan fingerprint density at radius 1 is 1.15 bits per heavy atom. The number of nitrogens with zero attached hydrogens (tertiary/aromatic N) is 4. The van der Waals surface area contributed by atoms with Gasteiger partial charge in [-0.15, -0.1) is 0 Å². The third-order valence-electron chi connectivity index (χ3n) is 6.73. The van der Waals surface area contributed by atoms with E-state index in [1.165, 1.54) is 24.4 Å². The molecule has 4 rings (SSSR count). The van der Waals surface area contributed by atoms with Gasteiger partial charge in [-0.3, -0.25) is 4.79 Å². The molecule has 8 heteroatoms. The average Bonchev–Trinajstić information content (AvgIpc) is 3.07. The maximum absolute atomic E-state index is 13.3. The summed E-state index contributed by atoms with van der Waals surface area (Å²) >= 11 is 1.51. The number of benzene rings is 1. The van der Waals surface area contributed by atoms with E-state index in [1.807, 2.05) is 17.2 Å². The van der Waals surface area contributed by atoms with E-state index in [1.54, 1.807) is 0 Å². The van der Waals surface area contributed by atoms with Crippen LogP contribution >= 0.6 is 11.8 Å². The number of fused-ring (bicyclic) bond motifs is 1. The fraction of sp³-hybridized carbons (Fsp3) is 0.500. The minimum absolute atomic E-state index is 0.114. The Balaban J connectivity index is 1.65. The number of allylic oxidation sites excluding steroid dienone is 1. The lowest BCUT2D eigenvalue weighted by Gasteiger charge is -2.36. The van der Waals surface area contributed by atoms with Crippen LogP contribution in [0.3, 0.4) is 0 Å². The van der Waals surface area contributed by atoms with Crippen molar-refractivity contribution in [1.29, 1.82) is 0 Å². The summed E-state index contributed by atoms with van der Waals surface area (Å²) in [5.74, 6) is 0.137. The first-order valence-electron chi connectivity index (χ1n) is 11.9. The summed E-state index contributed by atoms with van der Waals surface area (Å²) < 4.78 is 5.16. The van der Waals surface area contributed by atoms with Crippen LogP contribution in [0.2, 0.25) is 0 Å². The van der Waals surface area contributed by atoms with Crippen LogP contribution in [-0.4, -0.2) is 72.1 Å². The first-order valence-corrected chi connectivity index (χ1v) is 12.8. The predicted molar refractivity (Wildman–Crippen MR) is 136 cm³/mol. The topological polar surface area (TPSA) is 65.5 Å². The number of methoxy groups -OCH3 is 1. The van der Waals surface area contributed by atoms with Crippen molar-refractivity contribution in [3.05, 3.63) is 57.8 Å². The van der Waals surface area contributed by atoms with Gasteiger partial charge >= 0.3 is 5.97 Å². The zero-order valence-electron chi connectivity index (χ0n) is 20.7. The van der Waals surface area contributed by atoms with Crippen molar-refractivity contribution in [3.8, 4) is 0 Å². The second-order valence-corrected chi connectivity index (χ2v) is 10.3. The number of ether oxygens (including phenoxy) is 1. The lowest BCUT2D eigenvalue weighted by molar-refractivity contribution is -0.136. The minimum atomic E-state index is -0.392. The van der Waals surface area contributed by atoms with Gasteiger partial charge in [0.25, 0.3) is 0 Å². The molecule has 1 atom stereocenters. The Bertz CT molecular complexity index is 1040. The third-order valence-corrected chi connectivity index (χ3v) is 7.62. The zero-order chi connectivity index (χ0) is 24.4. The van der Waals surface area contributed by atoms with Crippen LogP contribution in [0.15, 0.2) is 51.6 Å². The van der Waals surface area contributed by atoms with E-state index in [4.69, 9.17) is 9.73 Å². The molecular weight excluding hydrogens is 448 g/mol. The van der Waals surface area contributed by atoms with E-state index >= 15 is 0 Å². The largest absolute Gasteiger partial charge is 0.466 e. The highest BCUT2D eigenvalue weighted by Crippen LogP contribution is 2.45. The summed E-state index contributed by atoms with van der Waals surface area (Å²) in [5, 5.41) is 2.80. The number of rotatable bonds is 5. The summed E-state index contributed by atoms with van der Waals surface area (Å²) in [6.07, 6.45) is 1.26. The number of hydrogen-bond acceptors (Lipinski definition) is 7. The minimum Gasteiger partial charge on any atom is -0.466 e. The standard InChI is InChI=1S/C26H34N4O3S/c1-17(2)19-7-9-20(10-8-19)24-23(25(32)33-5)18(3)27-26-30(24)21(16-34-26)15-22(31)29-12-6-11-28(4)13-14-29/h7-10,16-17,24H,6,11-15H2,1-5H3/t24-/m1/s1. The van der Waals surface area contributed by atoms with E-state index in [0.717, 1.165) is 49.0 Å². The molecule has 7 nitrogen and oxygen atoms in total. The number of hydrogen-bond donors (Lipinski definition) is 0. The van der Waals surface area contributed by atoms with Gasteiger partial charge in [0, 0.05) is 25.3 Å². The van der Waals surface area contributed by atoms with Crippen molar-refractivity contribution in [2.75, 3.05) is 40.3 Å². The highest BCUT2D eigenvalue weighted by atomic mass is 32.2. The van der Waals surface area contributed by atoms with E-state index in [2.05, 4.69) is 55.0 Å². The molecule has 0 N–H and O–H groups in total. The molecule has 3 aliphatic rings. The SMILES string of the molecule is COC(=O)C1=C(C)N=C2SC=C(CC(=O)N3CCCN(C)CC3)N2[C@@H]1c1ccc(C(C)C)cc1. The van der Waals surface area contributed by atoms with Gasteiger partial charge in [-0.25, -0.2) is 9.79 Å². The van der Waals surface area contributed by atoms with Gasteiger partial charge in [-0.1, -0.05) is 49.9 Å². The second kappa shape index (κ2) is 10.4. The smallest absolute Gasteiger partial charge is 0.338 e. The number of carbonyl (C=O) groups is 2. The third kappa shape index (κ3) is 4.93. The fourth-order valence-corrected chi connectivity index (χ4v) is 5.65. The van der Waals surface area contributed by atoms with Crippen molar-refractivity contribution in [1.82, 2.24) is 14.7 Å². The van der Waals surface area contributed by atoms with Gasteiger partial charge in [0.1, 0.15) is 0 Å². The van der Waals surface area contributed by atoms with E-state index in [0.29, 0.717) is 17.2 Å². The molecule has 34 heavy (non-hydrogen) atoms.